The van der Waals surface area contributed by atoms with Crippen molar-refractivity contribution in [3.05, 3.63) is 0 Å². The van der Waals surface area contributed by atoms with Crippen LogP contribution in [0.5, 0.6) is 0 Å². The predicted octanol–water partition coefficient (Wildman–Crippen LogP) is 4.00. The van der Waals surface area contributed by atoms with Crippen LogP contribution < -0.4 is 10.6 Å². The highest BCUT2D eigenvalue weighted by Crippen LogP contribution is 2.22. The summed E-state index contributed by atoms with van der Waals surface area (Å²) in [6.45, 7) is 7.89. The van der Waals surface area contributed by atoms with Gasteiger partial charge in [0.2, 0.25) is 0 Å². The summed E-state index contributed by atoms with van der Waals surface area (Å²) in [5.74, 6) is 0. The topological polar surface area (TPSA) is 24.1 Å². The first-order valence-corrected chi connectivity index (χ1v) is 7.99. The van der Waals surface area contributed by atoms with E-state index in [1.54, 1.807) is 0 Å². The van der Waals surface area contributed by atoms with E-state index in [1.165, 1.54) is 51.4 Å². The molecule has 0 spiro atoms. The molecule has 1 rings (SSSR count). The van der Waals surface area contributed by atoms with Crippen molar-refractivity contribution in [2.45, 2.75) is 78.2 Å². The summed E-state index contributed by atoms with van der Waals surface area (Å²) in [6.07, 6.45) is 10.5. The zero-order chi connectivity index (χ0) is 13.4. The lowest BCUT2D eigenvalue weighted by molar-refractivity contribution is 0.319. The molecule has 106 valence electrons. The highest BCUT2D eigenvalue weighted by molar-refractivity contribution is 7.80. The molecule has 0 bridgehead atoms. The van der Waals surface area contributed by atoms with E-state index in [1.807, 2.05) is 0 Å². The van der Waals surface area contributed by atoms with Crippen LogP contribution in [0.25, 0.3) is 0 Å². The minimum Gasteiger partial charge on any atom is -0.362 e. The molecule has 0 saturated heterocycles. The van der Waals surface area contributed by atoms with Crippen LogP contribution in [-0.4, -0.2) is 17.7 Å². The van der Waals surface area contributed by atoms with E-state index in [0.29, 0.717) is 11.5 Å². The summed E-state index contributed by atoms with van der Waals surface area (Å²) in [5, 5.41) is 7.69. The first-order chi connectivity index (χ1) is 8.53. The van der Waals surface area contributed by atoms with Gasteiger partial charge in [0.15, 0.2) is 5.11 Å². The summed E-state index contributed by atoms with van der Waals surface area (Å²) in [6, 6.07) is 0.619. The Balaban J connectivity index is 2.15. The molecule has 18 heavy (non-hydrogen) atoms. The molecule has 1 saturated carbocycles. The normalized spacial score (nSPS) is 16.8. The van der Waals surface area contributed by atoms with Gasteiger partial charge in [-0.05, 0) is 36.9 Å². The van der Waals surface area contributed by atoms with E-state index in [4.69, 9.17) is 12.2 Å². The molecule has 1 aliphatic rings. The molecular weight excluding hydrogens is 240 g/mol. The molecule has 0 amide bonds. The zero-order valence-corrected chi connectivity index (χ0v) is 13.2. The van der Waals surface area contributed by atoms with E-state index in [2.05, 4.69) is 31.4 Å². The van der Waals surface area contributed by atoms with E-state index in [0.717, 1.165) is 11.7 Å². The van der Waals surface area contributed by atoms with Gasteiger partial charge in [-0.2, -0.15) is 0 Å². The van der Waals surface area contributed by atoms with E-state index < -0.39 is 0 Å². The fourth-order valence-electron chi connectivity index (χ4n) is 2.57. The van der Waals surface area contributed by atoms with Crippen LogP contribution in [0.15, 0.2) is 0 Å². The Kier molecular flexibility index (Phi) is 6.98. The Morgan fingerprint density at radius 2 is 1.89 bits per heavy atom. The standard InChI is InChI=1S/C15H30N2S/c1-4-5-8-11-15(2,3)12-16-14(18)17-13-9-6-7-10-13/h13H,4-12H2,1-3H3,(H2,16,17,18). The van der Waals surface area contributed by atoms with Crippen molar-refractivity contribution in [1.82, 2.24) is 10.6 Å². The van der Waals surface area contributed by atoms with Gasteiger partial charge >= 0.3 is 0 Å². The van der Waals surface area contributed by atoms with Crippen LogP contribution in [0.2, 0.25) is 0 Å². The van der Waals surface area contributed by atoms with Gasteiger partial charge < -0.3 is 10.6 Å². The third kappa shape index (κ3) is 6.58. The van der Waals surface area contributed by atoms with Crippen LogP contribution >= 0.6 is 12.2 Å². The van der Waals surface area contributed by atoms with Crippen LogP contribution in [0.3, 0.4) is 0 Å². The molecule has 0 radical (unpaired) electrons. The molecule has 0 heterocycles. The molecule has 0 aromatic carbocycles. The van der Waals surface area contributed by atoms with Crippen molar-refractivity contribution < 1.29 is 0 Å². The first-order valence-electron chi connectivity index (χ1n) is 7.58. The Hall–Kier alpha value is -0.310. The average molecular weight is 270 g/mol. The molecule has 0 atom stereocenters. The molecule has 0 aromatic heterocycles. The third-order valence-electron chi connectivity index (χ3n) is 3.87. The lowest BCUT2D eigenvalue weighted by atomic mass is 9.87. The monoisotopic (exact) mass is 270 g/mol. The number of hydrogen-bond acceptors (Lipinski definition) is 1. The highest BCUT2D eigenvalue weighted by atomic mass is 32.1. The van der Waals surface area contributed by atoms with Gasteiger partial charge in [0, 0.05) is 12.6 Å². The van der Waals surface area contributed by atoms with E-state index in [9.17, 15) is 0 Å². The molecule has 0 aliphatic heterocycles. The Morgan fingerprint density at radius 1 is 1.22 bits per heavy atom. The largest absolute Gasteiger partial charge is 0.362 e. The number of nitrogens with one attached hydrogen (secondary N) is 2. The second-order valence-electron chi connectivity index (χ2n) is 6.43. The van der Waals surface area contributed by atoms with Gasteiger partial charge in [-0.1, -0.05) is 52.9 Å². The molecule has 0 unspecified atom stereocenters. The molecule has 2 nitrogen and oxygen atoms in total. The van der Waals surface area contributed by atoms with Crippen molar-refractivity contribution in [2.24, 2.45) is 5.41 Å². The van der Waals surface area contributed by atoms with Gasteiger partial charge in [0.25, 0.3) is 0 Å². The maximum Gasteiger partial charge on any atom is 0.166 e. The summed E-state index contributed by atoms with van der Waals surface area (Å²) >= 11 is 5.37. The fraction of sp³-hybridized carbons (Fsp3) is 0.933. The highest BCUT2D eigenvalue weighted by Gasteiger charge is 2.19. The number of unbranched alkanes of at least 4 members (excludes halogenated alkanes) is 2. The maximum atomic E-state index is 5.37. The van der Waals surface area contributed by atoms with Gasteiger partial charge in [-0.3, -0.25) is 0 Å². The molecule has 2 N–H and O–H groups in total. The fourth-order valence-corrected chi connectivity index (χ4v) is 2.81. The lowest BCUT2D eigenvalue weighted by Crippen LogP contribution is -2.44. The van der Waals surface area contributed by atoms with Crippen LogP contribution in [-0.2, 0) is 0 Å². The lowest BCUT2D eigenvalue weighted by Gasteiger charge is -2.26. The average Bonchev–Trinajstić information content (AvgIpc) is 2.80. The minimum absolute atomic E-state index is 0.344. The van der Waals surface area contributed by atoms with Crippen molar-refractivity contribution in [1.29, 1.82) is 0 Å². The molecule has 1 aliphatic carbocycles. The van der Waals surface area contributed by atoms with Crippen LogP contribution in [0.1, 0.15) is 72.1 Å². The molecule has 1 fully saturated rings. The van der Waals surface area contributed by atoms with Gasteiger partial charge in [-0.15, -0.1) is 0 Å². The van der Waals surface area contributed by atoms with E-state index >= 15 is 0 Å². The summed E-state index contributed by atoms with van der Waals surface area (Å²) in [5.41, 5.74) is 0.344. The Bertz CT molecular complexity index is 245. The quantitative estimate of drug-likeness (QED) is 0.540. The van der Waals surface area contributed by atoms with Crippen molar-refractivity contribution in [2.75, 3.05) is 6.54 Å². The van der Waals surface area contributed by atoms with E-state index in [-0.39, 0.29) is 0 Å². The Morgan fingerprint density at radius 3 is 2.50 bits per heavy atom. The summed E-state index contributed by atoms with van der Waals surface area (Å²) in [7, 11) is 0. The first kappa shape index (κ1) is 15.7. The van der Waals surface area contributed by atoms with Crippen LogP contribution in [0.4, 0.5) is 0 Å². The van der Waals surface area contributed by atoms with Crippen molar-refractivity contribution in [3.8, 4) is 0 Å². The van der Waals surface area contributed by atoms with Crippen LogP contribution in [0, 0.1) is 5.41 Å². The molecule has 0 aromatic rings. The maximum absolute atomic E-state index is 5.37. The number of rotatable bonds is 7. The zero-order valence-electron chi connectivity index (χ0n) is 12.3. The third-order valence-corrected chi connectivity index (χ3v) is 4.14. The summed E-state index contributed by atoms with van der Waals surface area (Å²) < 4.78 is 0. The number of hydrogen-bond donors (Lipinski definition) is 2. The SMILES string of the molecule is CCCCCC(C)(C)CNC(=S)NC1CCCC1. The Labute approximate surface area is 118 Å². The van der Waals surface area contributed by atoms with Gasteiger partial charge in [0.1, 0.15) is 0 Å². The molecular formula is C15H30N2S. The van der Waals surface area contributed by atoms with Gasteiger partial charge in [-0.25, -0.2) is 0 Å². The second kappa shape index (κ2) is 7.98. The second-order valence-corrected chi connectivity index (χ2v) is 6.84. The minimum atomic E-state index is 0.344. The molecule has 3 heteroatoms. The van der Waals surface area contributed by atoms with Crippen molar-refractivity contribution >= 4 is 17.3 Å². The summed E-state index contributed by atoms with van der Waals surface area (Å²) in [4.78, 5) is 0. The smallest absolute Gasteiger partial charge is 0.166 e. The number of thiocarbonyl (C=S) groups is 1. The van der Waals surface area contributed by atoms with Gasteiger partial charge in [0.05, 0.1) is 0 Å². The van der Waals surface area contributed by atoms with Crippen molar-refractivity contribution in [3.63, 3.8) is 0 Å². The predicted molar refractivity (Wildman–Crippen MR) is 83.9 cm³/mol.